The van der Waals surface area contributed by atoms with Crippen LogP contribution in [0.2, 0.25) is 0 Å². The van der Waals surface area contributed by atoms with Crippen molar-refractivity contribution < 1.29 is 13.9 Å². The van der Waals surface area contributed by atoms with Crippen LogP contribution in [0, 0.1) is 6.92 Å². The van der Waals surface area contributed by atoms with Gasteiger partial charge in [0.1, 0.15) is 5.76 Å². The molecule has 30 heavy (non-hydrogen) atoms. The standard InChI is InChI=1S/C25H24N2O3/c1-3-29-25(28)23-17(2)19-12-7-8-13-20(19)27-21(23)16-26-24(22-14-9-15-30-22)18-10-5-4-6-11-18/h4-15,24,26H,3,16H2,1-2H3/t24-/m0/s1. The Kier molecular flexibility index (Phi) is 5.91. The maximum atomic E-state index is 12.8. The first-order valence-corrected chi connectivity index (χ1v) is 10.1. The number of rotatable bonds is 7. The number of hydrogen-bond donors (Lipinski definition) is 1. The van der Waals surface area contributed by atoms with Crippen molar-refractivity contribution >= 4 is 16.9 Å². The summed E-state index contributed by atoms with van der Waals surface area (Å²) in [5.41, 5.74) is 3.99. The van der Waals surface area contributed by atoms with Crippen LogP contribution in [0.3, 0.4) is 0 Å². The summed E-state index contributed by atoms with van der Waals surface area (Å²) in [5.74, 6) is 0.454. The normalized spacial score (nSPS) is 12.1. The van der Waals surface area contributed by atoms with Gasteiger partial charge in [0.25, 0.3) is 0 Å². The van der Waals surface area contributed by atoms with Crippen LogP contribution in [0.5, 0.6) is 0 Å². The van der Waals surface area contributed by atoms with Crippen molar-refractivity contribution in [2.24, 2.45) is 0 Å². The topological polar surface area (TPSA) is 64.4 Å². The summed E-state index contributed by atoms with van der Waals surface area (Å²) >= 11 is 0. The summed E-state index contributed by atoms with van der Waals surface area (Å²) in [7, 11) is 0. The summed E-state index contributed by atoms with van der Waals surface area (Å²) in [6.45, 7) is 4.46. The van der Waals surface area contributed by atoms with Crippen molar-refractivity contribution in [2.45, 2.75) is 26.4 Å². The Morgan fingerprint density at radius 2 is 1.83 bits per heavy atom. The van der Waals surface area contributed by atoms with Crippen LogP contribution in [0.4, 0.5) is 0 Å². The number of carbonyl (C=O) groups excluding carboxylic acids is 1. The number of para-hydroxylation sites is 1. The van der Waals surface area contributed by atoms with Gasteiger partial charge in [0.05, 0.1) is 35.7 Å². The molecule has 0 aliphatic rings. The van der Waals surface area contributed by atoms with E-state index in [-0.39, 0.29) is 12.0 Å². The third-order valence-electron chi connectivity index (χ3n) is 5.14. The number of hydrogen-bond acceptors (Lipinski definition) is 5. The molecule has 2 aromatic carbocycles. The quantitative estimate of drug-likeness (QED) is 0.432. The summed E-state index contributed by atoms with van der Waals surface area (Å²) in [6.07, 6.45) is 1.66. The fraction of sp³-hybridized carbons (Fsp3) is 0.200. The first kappa shape index (κ1) is 19.9. The van der Waals surface area contributed by atoms with Crippen LogP contribution in [0.1, 0.15) is 45.9 Å². The van der Waals surface area contributed by atoms with Crippen LogP contribution >= 0.6 is 0 Å². The first-order valence-electron chi connectivity index (χ1n) is 10.1. The average Bonchev–Trinajstić information content (AvgIpc) is 3.29. The predicted octanol–water partition coefficient (Wildman–Crippen LogP) is 5.19. The lowest BCUT2D eigenvalue weighted by Crippen LogP contribution is -2.24. The second kappa shape index (κ2) is 8.93. The monoisotopic (exact) mass is 400 g/mol. The number of nitrogens with zero attached hydrogens (tertiary/aromatic N) is 1. The highest BCUT2D eigenvalue weighted by Crippen LogP contribution is 2.26. The Morgan fingerprint density at radius 1 is 1.07 bits per heavy atom. The molecule has 152 valence electrons. The largest absolute Gasteiger partial charge is 0.467 e. The molecule has 0 aliphatic carbocycles. The van der Waals surface area contributed by atoms with E-state index in [4.69, 9.17) is 14.1 Å². The minimum Gasteiger partial charge on any atom is -0.467 e. The molecule has 5 heteroatoms. The van der Waals surface area contributed by atoms with Crippen molar-refractivity contribution in [3.05, 3.63) is 101 Å². The summed E-state index contributed by atoms with van der Waals surface area (Å²) in [4.78, 5) is 17.6. The Balaban J connectivity index is 1.73. The highest BCUT2D eigenvalue weighted by atomic mass is 16.5. The van der Waals surface area contributed by atoms with Gasteiger partial charge in [-0.3, -0.25) is 10.3 Å². The molecule has 0 radical (unpaired) electrons. The van der Waals surface area contributed by atoms with Crippen molar-refractivity contribution in [3.63, 3.8) is 0 Å². The maximum absolute atomic E-state index is 12.8. The summed E-state index contributed by atoms with van der Waals surface area (Å²) < 4.78 is 11.0. The molecule has 2 aromatic heterocycles. The van der Waals surface area contributed by atoms with Gasteiger partial charge in [-0.2, -0.15) is 0 Å². The van der Waals surface area contributed by atoms with Crippen molar-refractivity contribution in [3.8, 4) is 0 Å². The molecule has 4 aromatic rings. The number of pyridine rings is 1. The fourth-order valence-corrected chi connectivity index (χ4v) is 3.73. The zero-order valence-electron chi connectivity index (χ0n) is 17.1. The number of carbonyl (C=O) groups is 1. The van der Waals surface area contributed by atoms with Crippen molar-refractivity contribution in [1.82, 2.24) is 10.3 Å². The molecule has 0 amide bonds. The van der Waals surface area contributed by atoms with Gasteiger partial charge in [0, 0.05) is 11.9 Å². The van der Waals surface area contributed by atoms with Gasteiger partial charge in [-0.25, -0.2) is 4.79 Å². The van der Waals surface area contributed by atoms with E-state index in [0.717, 1.165) is 27.8 Å². The third kappa shape index (κ3) is 3.98. The molecule has 4 rings (SSSR count). The van der Waals surface area contributed by atoms with Crippen LogP contribution < -0.4 is 5.32 Å². The number of nitrogens with one attached hydrogen (secondary N) is 1. The Labute approximate surface area is 175 Å². The molecule has 0 bridgehead atoms. The van der Waals surface area contributed by atoms with Crippen LogP contribution in [-0.4, -0.2) is 17.6 Å². The van der Waals surface area contributed by atoms with Gasteiger partial charge in [-0.1, -0.05) is 48.5 Å². The molecule has 1 N–H and O–H groups in total. The molecule has 0 unspecified atom stereocenters. The van der Waals surface area contributed by atoms with E-state index in [2.05, 4.69) is 5.32 Å². The number of furan rings is 1. The molecular weight excluding hydrogens is 376 g/mol. The molecule has 1 atom stereocenters. The summed E-state index contributed by atoms with van der Waals surface area (Å²) in [6, 6.07) is 21.6. The van der Waals surface area contributed by atoms with Gasteiger partial charge in [0.2, 0.25) is 0 Å². The average molecular weight is 400 g/mol. The second-order valence-corrected chi connectivity index (χ2v) is 7.04. The minimum absolute atomic E-state index is 0.162. The number of fused-ring (bicyclic) bond motifs is 1. The second-order valence-electron chi connectivity index (χ2n) is 7.04. The lowest BCUT2D eigenvalue weighted by atomic mass is 10.0. The molecular formula is C25H24N2O3. The van der Waals surface area contributed by atoms with E-state index in [1.54, 1.807) is 6.26 Å². The number of aromatic nitrogens is 1. The Morgan fingerprint density at radius 3 is 2.57 bits per heavy atom. The molecule has 2 heterocycles. The maximum Gasteiger partial charge on any atom is 0.340 e. The fourth-order valence-electron chi connectivity index (χ4n) is 3.73. The summed E-state index contributed by atoms with van der Waals surface area (Å²) in [5, 5.41) is 4.47. The van der Waals surface area contributed by atoms with E-state index in [9.17, 15) is 4.79 Å². The number of esters is 1. The van der Waals surface area contributed by atoms with E-state index >= 15 is 0 Å². The SMILES string of the molecule is CCOC(=O)c1c(CN[C@@H](c2ccccc2)c2ccco2)nc2ccccc2c1C. The van der Waals surface area contributed by atoms with Gasteiger partial charge in [0.15, 0.2) is 0 Å². The zero-order chi connectivity index (χ0) is 20.9. The number of ether oxygens (including phenoxy) is 1. The number of benzene rings is 2. The lowest BCUT2D eigenvalue weighted by molar-refractivity contribution is 0.0523. The van der Waals surface area contributed by atoms with Gasteiger partial charge in [-0.05, 0) is 43.2 Å². The number of aryl methyl sites for hydroxylation is 1. The first-order chi connectivity index (χ1) is 14.7. The van der Waals surface area contributed by atoms with Crippen LogP contribution in [0.25, 0.3) is 10.9 Å². The highest BCUT2D eigenvalue weighted by molar-refractivity contribution is 5.98. The van der Waals surface area contributed by atoms with Crippen molar-refractivity contribution in [1.29, 1.82) is 0 Å². The molecule has 0 fully saturated rings. The van der Waals surface area contributed by atoms with E-state index in [1.165, 1.54) is 0 Å². The van der Waals surface area contributed by atoms with Crippen molar-refractivity contribution in [2.75, 3.05) is 6.61 Å². The van der Waals surface area contributed by atoms with Gasteiger partial charge >= 0.3 is 5.97 Å². The van der Waals surface area contributed by atoms with E-state index in [1.807, 2.05) is 80.6 Å². The van der Waals surface area contributed by atoms with Crippen LogP contribution in [-0.2, 0) is 11.3 Å². The smallest absolute Gasteiger partial charge is 0.340 e. The molecule has 0 spiro atoms. The molecule has 0 saturated heterocycles. The van der Waals surface area contributed by atoms with Crippen LogP contribution in [0.15, 0.2) is 77.4 Å². The Bertz CT molecular complexity index is 1140. The van der Waals surface area contributed by atoms with Gasteiger partial charge < -0.3 is 9.15 Å². The van der Waals surface area contributed by atoms with Gasteiger partial charge in [-0.15, -0.1) is 0 Å². The molecule has 0 saturated carbocycles. The third-order valence-corrected chi connectivity index (χ3v) is 5.14. The molecule has 0 aliphatic heterocycles. The van der Waals surface area contributed by atoms with E-state index < -0.39 is 0 Å². The predicted molar refractivity (Wildman–Crippen MR) is 116 cm³/mol. The molecule has 5 nitrogen and oxygen atoms in total. The minimum atomic E-state index is -0.348. The Hall–Kier alpha value is -3.44. The zero-order valence-corrected chi connectivity index (χ0v) is 17.1. The lowest BCUT2D eigenvalue weighted by Gasteiger charge is -2.19. The highest BCUT2D eigenvalue weighted by Gasteiger charge is 2.22. The van der Waals surface area contributed by atoms with E-state index in [0.29, 0.717) is 24.4 Å².